The van der Waals surface area contributed by atoms with Crippen molar-refractivity contribution in [2.75, 3.05) is 0 Å². The second-order valence-corrected chi connectivity index (χ2v) is 4.91. The van der Waals surface area contributed by atoms with Gasteiger partial charge in [-0.1, -0.05) is 26.7 Å². The quantitative estimate of drug-likeness (QED) is 0.571. The second-order valence-electron chi connectivity index (χ2n) is 4.91. The van der Waals surface area contributed by atoms with E-state index in [1.165, 1.54) is 38.5 Å². The van der Waals surface area contributed by atoms with Crippen molar-refractivity contribution in [1.29, 1.82) is 0 Å². The first kappa shape index (κ1) is 10.6. The van der Waals surface area contributed by atoms with E-state index in [4.69, 9.17) is 6.42 Å². The third-order valence-corrected chi connectivity index (χ3v) is 3.51. The minimum atomic E-state index is 0.576. The van der Waals surface area contributed by atoms with Crippen LogP contribution in [0.1, 0.15) is 58.8 Å². The van der Waals surface area contributed by atoms with Crippen LogP contribution < -0.4 is 0 Å². The molecule has 0 heterocycles. The number of terminal acetylenes is 1. The Morgan fingerprint density at radius 3 is 2.92 bits per heavy atom. The minimum absolute atomic E-state index is 0.576. The summed E-state index contributed by atoms with van der Waals surface area (Å²) in [6.07, 6.45) is 14.5. The van der Waals surface area contributed by atoms with Gasteiger partial charge in [0.2, 0.25) is 0 Å². The van der Waals surface area contributed by atoms with Crippen LogP contribution in [0.25, 0.3) is 0 Å². The van der Waals surface area contributed by atoms with E-state index >= 15 is 0 Å². The molecule has 0 amide bonds. The van der Waals surface area contributed by atoms with Crippen LogP contribution in [0.3, 0.4) is 0 Å². The topological polar surface area (TPSA) is 0 Å². The fraction of sp³-hybridized carbons (Fsp3) is 0.846. The standard InChI is InChI=1S/C13H22/c1-4-6-9-13(3)10-8-12(11-13)7-5-2/h1,12H,5-11H2,2-3H3. The van der Waals surface area contributed by atoms with E-state index in [0.29, 0.717) is 5.41 Å². The van der Waals surface area contributed by atoms with Gasteiger partial charge in [-0.05, 0) is 37.0 Å². The van der Waals surface area contributed by atoms with E-state index in [2.05, 4.69) is 19.8 Å². The van der Waals surface area contributed by atoms with Crippen LogP contribution in [0, 0.1) is 23.7 Å². The first-order valence-electron chi connectivity index (χ1n) is 5.63. The Labute approximate surface area is 83.1 Å². The lowest BCUT2D eigenvalue weighted by molar-refractivity contribution is 0.294. The third kappa shape index (κ3) is 3.07. The first-order valence-corrected chi connectivity index (χ1v) is 5.63. The lowest BCUT2D eigenvalue weighted by Crippen LogP contribution is -2.11. The van der Waals surface area contributed by atoms with Crippen molar-refractivity contribution in [3.05, 3.63) is 0 Å². The van der Waals surface area contributed by atoms with Gasteiger partial charge in [-0.25, -0.2) is 0 Å². The summed E-state index contributed by atoms with van der Waals surface area (Å²) in [4.78, 5) is 0. The van der Waals surface area contributed by atoms with Gasteiger partial charge in [-0.15, -0.1) is 12.3 Å². The molecule has 1 saturated carbocycles. The molecule has 0 N–H and O–H groups in total. The van der Waals surface area contributed by atoms with Crippen LogP contribution in [0.15, 0.2) is 0 Å². The number of hydrogen-bond acceptors (Lipinski definition) is 0. The van der Waals surface area contributed by atoms with E-state index in [0.717, 1.165) is 12.3 Å². The zero-order chi connectivity index (χ0) is 9.73. The van der Waals surface area contributed by atoms with Gasteiger partial charge < -0.3 is 0 Å². The molecule has 1 aliphatic rings. The maximum absolute atomic E-state index is 5.31. The van der Waals surface area contributed by atoms with Gasteiger partial charge >= 0.3 is 0 Å². The Morgan fingerprint density at radius 2 is 2.31 bits per heavy atom. The van der Waals surface area contributed by atoms with Crippen molar-refractivity contribution in [2.24, 2.45) is 11.3 Å². The summed E-state index contributed by atoms with van der Waals surface area (Å²) >= 11 is 0. The van der Waals surface area contributed by atoms with Gasteiger partial charge in [-0.2, -0.15) is 0 Å². The Bertz CT molecular complexity index is 187. The van der Waals surface area contributed by atoms with E-state index in [9.17, 15) is 0 Å². The molecule has 0 saturated heterocycles. The van der Waals surface area contributed by atoms with Crippen LogP contribution in [0.5, 0.6) is 0 Å². The average Bonchev–Trinajstić information content (AvgIpc) is 2.46. The number of rotatable bonds is 4. The number of hydrogen-bond donors (Lipinski definition) is 0. The van der Waals surface area contributed by atoms with Gasteiger partial charge in [0.15, 0.2) is 0 Å². The highest BCUT2D eigenvalue weighted by Gasteiger charge is 2.33. The summed E-state index contributed by atoms with van der Waals surface area (Å²) in [7, 11) is 0. The maximum atomic E-state index is 5.31. The highest BCUT2D eigenvalue weighted by molar-refractivity contribution is 4.91. The van der Waals surface area contributed by atoms with Crippen molar-refractivity contribution in [1.82, 2.24) is 0 Å². The molecule has 0 bridgehead atoms. The molecule has 0 radical (unpaired) electrons. The van der Waals surface area contributed by atoms with Crippen molar-refractivity contribution in [3.63, 3.8) is 0 Å². The van der Waals surface area contributed by atoms with Gasteiger partial charge in [-0.3, -0.25) is 0 Å². The Morgan fingerprint density at radius 1 is 1.54 bits per heavy atom. The van der Waals surface area contributed by atoms with Crippen LogP contribution in [0.4, 0.5) is 0 Å². The molecule has 2 atom stereocenters. The van der Waals surface area contributed by atoms with Gasteiger partial charge in [0.05, 0.1) is 0 Å². The molecule has 0 nitrogen and oxygen atoms in total. The summed E-state index contributed by atoms with van der Waals surface area (Å²) in [5.74, 6) is 3.76. The lowest BCUT2D eigenvalue weighted by atomic mass is 9.82. The predicted octanol–water partition coefficient (Wildman–Crippen LogP) is 4.01. The summed E-state index contributed by atoms with van der Waals surface area (Å²) in [6, 6.07) is 0. The SMILES string of the molecule is C#CCCC1(C)CCC(CCC)C1. The highest BCUT2D eigenvalue weighted by atomic mass is 14.4. The zero-order valence-corrected chi connectivity index (χ0v) is 9.10. The molecule has 2 unspecified atom stereocenters. The van der Waals surface area contributed by atoms with Gasteiger partial charge in [0.1, 0.15) is 0 Å². The molecule has 74 valence electrons. The first-order chi connectivity index (χ1) is 6.20. The average molecular weight is 178 g/mol. The van der Waals surface area contributed by atoms with Crippen LogP contribution in [0.2, 0.25) is 0 Å². The second kappa shape index (κ2) is 4.70. The van der Waals surface area contributed by atoms with Crippen LogP contribution in [-0.2, 0) is 0 Å². The predicted molar refractivity (Wildman–Crippen MR) is 58.4 cm³/mol. The molecule has 1 aliphatic carbocycles. The lowest BCUT2D eigenvalue weighted by Gasteiger charge is -2.22. The monoisotopic (exact) mass is 178 g/mol. The Hall–Kier alpha value is -0.440. The molecule has 0 spiro atoms. The molecule has 1 fully saturated rings. The van der Waals surface area contributed by atoms with E-state index < -0.39 is 0 Å². The summed E-state index contributed by atoms with van der Waals surface area (Å²) < 4.78 is 0. The minimum Gasteiger partial charge on any atom is -0.120 e. The van der Waals surface area contributed by atoms with Crippen molar-refractivity contribution in [2.45, 2.75) is 58.8 Å². The molecule has 0 aromatic carbocycles. The summed E-state index contributed by atoms with van der Waals surface area (Å²) in [6.45, 7) is 4.71. The third-order valence-electron chi connectivity index (χ3n) is 3.51. The summed E-state index contributed by atoms with van der Waals surface area (Å²) in [5, 5.41) is 0. The maximum Gasteiger partial charge on any atom is 0.00912 e. The zero-order valence-electron chi connectivity index (χ0n) is 9.10. The molecule has 0 aliphatic heterocycles. The van der Waals surface area contributed by atoms with Crippen molar-refractivity contribution in [3.8, 4) is 12.3 Å². The summed E-state index contributed by atoms with van der Waals surface area (Å²) in [5.41, 5.74) is 0.576. The molecule has 0 heteroatoms. The largest absolute Gasteiger partial charge is 0.120 e. The molecule has 1 rings (SSSR count). The van der Waals surface area contributed by atoms with E-state index in [-0.39, 0.29) is 0 Å². The Balaban J connectivity index is 2.33. The van der Waals surface area contributed by atoms with Gasteiger partial charge in [0, 0.05) is 6.42 Å². The molecular weight excluding hydrogens is 156 g/mol. The van der Waals surface area contributed by atoms with E-state index in [1.807, 2.05) is 0 Å². The highest BCUT2D eigenvalue weighted by Crippen LogP contribution is 2.46. The normalized spacial score (nSPS) is 33.2. The van der Waals surface area contributed by atoms with E-state index in [1.54, 1.807) is 0 Å². The van der Waals surface area contributed by atoms with Crippen molar-refractivity contribution < 1.29 is 0 Å². The van der Waals surface area contributed by atoms with Crippen molar-refractivity contribution >= 4 is 0 Å². The fourth-order valence-corrected chi connectivity index (χ4v) is 2.71. The molecule has 13 heavy (non-hydrogen) atoms. The van der Waals surface area contributed by atoms with Gasteiger partial charge in [0.25, 0.3) is 0 Å². The molecule has 0 aromatic rings. The molecular formula is C13H22. The smallest absolute Gasteiger partial charge is 0.00912 e. The van der Waals surface area contributed by atoms with Crippen LogP contribution >= 0.6 is 0 Å². The van der Waals surface area contributed by atoms with Crippen LogP contribution in [-0.4, -0.2) is 0 Å². The fourth-order valence-electron chi connectivity index (χ4n) is 2.71. The molecule has 0 aromatic heterocycles. The Kier molecular flexibility index (Phi) is 3.85.